The molecule has 0 N–H and O–H groups in total. The van der Waals surface area contributed by atoms with Gasteiger partial charge in [0.1, 0.15) is 0 Å². The van der Waals surface area contributed by atoms with Gasteiger partial charge in [-0.1, -0.05) is 124 Å². The summed E-state index contributed by atoms with van der Waals surface area (Å²) in [6, 6.07) is 49.4. The zero-order valence-electron chi connectivity index (χ0n) is 32.2. The van der Waals surface area contributed by atoms with E-state index in [1.165, 1.54) is 105 Å². The number of fused-ring (bicyclic) bond motifs is 4. The minimum atomic E-state index is 0.0991. The van der Waals surface area contributed by atoms with Crippen LogP contribution in [0.3, 0.4) is 0 Å². The highest BCUT2D eigenvalue weighted by atomic mass is 32.2. The normalized spacial score (nSPS) is 26.7. The largest absolute Gasteiger partial charge is 0.310 e. The van der Waals surface area contributed by atoms with E-state index in [1.807, 2.05) is 11.8 Å². The molecular formula is C52H51NS. The van der Waals surface area contributed by atoms with Crippen LogP contribution < -0.4 is 4.90 Å². The van der Waals surface area contributed by atoms with Crippen LogP contribution in [-0.4, -0.2) is 0 Å². The second kappa shape index (κ2) is 11.9. The summed E-state index contributed by atoms with van der Waals surface area (Å²) in [6.07, 6.45) is 9.47. The van der Waals surface area contributed by atoms with Gasteiger partial charge in [0.25, 0.3) is 0 Å². The van der Waals surface area contributed by atoms with Crippen LogP contribution in [0, 0.1) is 23.7 Å². The van der Waals surface area contributed by atoms with E-state index >= 15 is 0 Å². The predicted octanol–water partition coefficient (Wildman–Crippen LogP) is 14.5. The van der Waals surface area contributed by atoms with Gasteiger partial charge < -0.3 is 4.90 Å². The third-order valence-corrected chi connectivity index (χ3v) is 16.1. The van der Waals surface area contributed by atoms with Crippen LogP contribution in [0.4, 0.5) is 17.1 Å². The summed E-state index contributed by atoms with van der Waals surface area (Å²) in [7, 11) is 0. The van der Waals surface area contributed by atoms with Crippen LogP contribution >= 0.6 is 11.8 Å². The van der Waals surface area contributed by atoms with Gasteiger partial charge in [0.05, 0.1) is 5.69 Å². The first-order valence-corrected chi connectivity index (χ1v) is 21.5. The van der Waals surface area contributed by atoms with Crippen LogP contribution in [0.2, 0.25) is 0 Å². The van der Waals surface area contributed by atoms with Gasteiger partial charge in [-0.3, -0.25) is 0 Å². The van der Waals surface area contributed by atoms with Crippen LogP contribution in [0.1, 0.15) is 94.9 Å². The van der Waals surface area contributed by atoms with Crippen molar-refractivity contribution in [2.24, 2.45) is 23.7 Å². The average Bonchev–Trinajstić information content (AvgIpc) is 3.18. The number of benzene rings is 6. The molecule has 0 atom stereocenters. The maximum Gasteiger partial charge on any atom is 0.0540 e. The lowest BCUT2D eigenvalue weighted by Crippen LogP contribution is -2.57. The van der Waals surface area contributed by atoms with Gasteiger partial charge in [-0.15, -0.1) is 0 Å². The molecule has 270 valence electrons. The van der Waals surface area contributed by atoms with E-state index in [0.717, 1.165) is 23.7 Å². The highest BCUT2D eigenvalue weighted by molar-refractivity contribution is 7.99. The fourth-order valence-corrected chi connectivity index (χ4v) is 13.8. The molecule has 0 unspecified atom stereocenters. The molecule has 1 nitrogen and oxygen atoms in total. The third-order valence-electron chi connectivity index (χ3n) is 14.9. The van der Waals surface area contributed by atoms with Crippen molar-refractivity contribution in [1.29, 1.82) is 0 Å². The molecule has 4 saturated carbocycles. The first-order chi connectivity index (χ1) is 26.2. The van der Waals surface area contributed by atoms with Crippen molar-refractivity contribution in [1.82, 2.24) is 0 Å². The molecule has 6 aliphatic rings. The van der Waals surface area contributed by atoms with Crippen molar-refractivity contribution in [3.05, 3.63) is 150 Å². The topological polar surface area (TPSA) is 3.24 Å². The molecule has 6 aromatic carbocycles. The van der Waals surface area contributed by atoms with E-state index in [0.29, 0.717) is 0 Å². The first kappa shape index (κ1) is 33.1. The standard InChI is InChI=1S/C52H51NS/c1-50(2)25-26-51(3,4)49-42(14-10-16-44(49)50)36-19-21-39(22-20-36)53(46-17-9-12-35-11-5-6-13-41(35)46)40-23-24-48-45(32-40)52(43-15-7-8-18-47(43)54-48)37-28-33-27-34(30-37)31-38(52)29-33/h5-24,32-34,37-38H,25-31H2,1-4H3. The van der Waals surface area contributed by atoms with Gasteiger partial charge in [-0.25, -0.2) is 0 Å². The molecule has 4 fully saturated rings. The van der Waals surface area contributed by atoms with Crippen molar-refractivity contribution in [3.8, 4) is 11.1 Å². The third kappa shape index (κ3) is 4.78. The second-order valence-corrected chi connectivity index (χ2v) is 19.9. The Balaban J connectivity index is 1.09. The molecular weight excluding hydrogens is 671 g/mol. The van der Waals surface area contributed by atoms with Crippen molar-refractivity contribution in [2.45, 2.75) is 98.7 Å². The highest BCUT2D eigenvalue weighted by Gasteiger charge is 2.60. The van der Waals surface area contributed by atoms with Gasteiger partial charge in [-0.2, -0.15) is 0 Å². The smallest absolute Gasteiger partial charge is 0.0540 e. The Bertz CT molecular complexity index is 2420. The fourth-order valence-electron chi connectivity index (χ4n) is 12.6. The van der Waals surface area contributed by atoms with Crippen molar-refractivity contribution in [2.75, 3.05) is 4.90 Å². The maximum atomic E-state index is 2.65. The van der Waals surface area contributed by atoms with Crippen LogP contribution in [0.15, 0.2) is 137 Å². The van der Waals surface area contributed by atoms with E-state index in [1.54, 1.807) is 11.1 Å². The lowest BCUT2D eigenvalue weighted by atomic mass is 9.42. The Morgan fingerprint density at radius 1 is 0.537 bits per heavy atom. The van der Waals surface area contributed by atoms with Gasteiger partial charge in [0.15, 0.2) is 0 Å². The Hall–Kier alpha value is -4.27. The molecule has 0 amide bonds. The highest BCUT2D eigenvalue weighted by Crippen LogP contribution is 2.69. The van der Waals surface area contributed by atoms with Crippen molar-refractivity contribution in [3.63, 3.8) is 0 Å². The molecule has 5 aliphatic carbocycles. The Kier molecular flexibility index (Phi) is 7.27. The molecule has 1 spiro atoms. The van der Waals surface area contributed by atoms with Gasteiger partial charge >= 0.3 is 0 Å². The molecule has 1 heterocycles. The van der Waals surface area contributed by atoms with E-state index in [9.17, 15) is 0 Å². The van der Waals surface area contributed by atoms with Crippen molar-refractivity contribution >= 4 is 39.6 Å². The van der Waals surface area contributed by atoms with E-state index in [-0.39, 0.29) is 16.2 Å². The Morgan fingerprint density at radius 3 is 1.96 bits per heavy atom. The summed E-state index contributed by atoms with van der Waals surface area (Å²) in [6.45, 7) is 9.76. The minimum absolute atomic E-state index is 0.0991. The number of rotatable bonds is 4. The van der Waals surface area contributed by atoms with Gasteiger partial charge in [0, 0.05) is 32.0 Å². The van der Waals surface area contributed by atoms with Gasteiger partial charge in [-0.05, 0) is 161 Å². The lowest BCUT2D eigenvalue weighted by molar-refractivity contribution is -0.0443. The van der Waals surface area contributed by atoms with E-state index in [2.05, 4.69) is 160 Å². The first-order valence-electron chi connectivity index (χ1n) is 20.6. The summed E-state index contributed by atoms with van der Waals surface area (Å²) < 4.78 is 0. The van der Waals surface area contributed by atoms with Gasteiger partial charge in [0.2, 0.25) is 0 Å². The average molecular weight is 722 g/mol. The summed E-state index contributed by atoms with van der Waals surface area (Å²) in [5, 5.41) is 2.56. The number of nitrogens with zero attached hydrogens (tertiary/aromatic N) is 1. The summed E-state index contributed by atoms with van der Waals surface area (Å²) in [5.74, 6) is 3.29. The molecule has 0 radical (unpaired) electrons. The minimum Gasteiger partial charge on any atom is -0.310 e. The van der Waals surface area contributed by atoms with Crippen molar-refractivity contribution < 1.29 is 0 Å². The molecule has 0 saturated heterocycles. The Morgan fingerprint density at radius 2 is 1.17 bits per heavy atom. The number of anilines is 3. The van der Waals surface area contributed by atoms with E-state index < -0.39 is 0 Å². The SMILES string of the molecule is CC1(C)CCC(C)(C)c2c(-c3ccc(N(c4ccc5c(c4)C4(c6ccccc6S5)C5CC6CC(C5)CC4C6)c4cccc5ccccc45)cc3)cccc21. The quantitative estimate of drug-likeness (QED) is 0.178. The molecule has 0 aromatic heterocycles. The number of hydrogen-bond acceptors (Lipinski definition) is 2. The summed E-state index contributed by atoms with van der Waals surface area (Å²) >= 11 is 2.01. The summed E-state index contributed by atoms with van der Waals surface area (Å²) in [4.78, 5) is 5.52. The molecule has 54 heavy (non-hydrogen) atoms. The zero-order valence-corrected chi connectivity index (χ0v) is 33.1. The van der Waals surface area contributed by atoms with Crippen LogP contribution in [0.25, 0.3) is 21.9 Å². The molecule has 12 rings (SSSR count). The predicted molar refractivity (Wildman–Crippen MR) is 228 cm³/mol. The maximum absolute atomic E-state index is 2.65. The fraction of sp³-hybridized carbons (Fsp3) is 0.346. The van der Waals surface area contributed by atoms with Crippen LogP contribution in [-0.2, 0) is 16.2 Å². The zero-order chi connectivity index (χ0) is 36.4. The summed E-state index contributed by atoms with van der Waals surface area (Å²) in [5.41, 5.74) is 13.1. The second-order valence-electron chi connectivity index (χ2n) is 18.8. The lowest BCUT2D eigenvalue weighted by Gasteiger charge is -2.63. The van der Waals surface area contributed by atoms with Crippen LogP contribution in [0.5, 0.6) is 0 Å². The van der Waals surface area contributed by atoms with E-state index in [4.69, 9.17) is 0 Å². The molecule has 2 heteroatoms. The molecule has 4 bridgehead atoms. The molecule has 1 aliphatic heterocycles. The number of hydrogen-bond donors (Lipinski definition) is 0. The molecule has 6 aromatic rings. The Labute approximate surface area is 326 Å². The monoisotopic (exact) mass is 721 g/mol.